The van der Waals surface area contributed by atoms with Gasteiger partial charge in [-0.3, -0.25) is 0 Å². The van der Waals surface area contributed by atoms with Gasteiger partial charge in [0.05, 0.1) is 12.2 Å². The normalized spacial score (nSPS) is 30.5. The molecule has 0 radical (unpaired) electrons. The van der Waals surface area contributed by atoms with Crippen LogP contribution in [0.3, 0.4) is 0 Å². The average Bonchev–Trinajstić information content (AvgIpc) is 3.00. The predicted molar refractivity (Wildman–Crippen MR) is 115 cm³/mol. The first kappa shape index (κ1) is 21.9. The lowest BCUT2D eigenvalue weighted by atomic mass is 9.93. The molecule has 1 aliphatic carbocycles. The SMILES string of the molecule is CC(C)(C)OC(=O)N1[C@@H]2CC[C@H]1C[C@H](O[C@H]1CC[C@H](Oc3ncccc3C#N)CC1)C2. The van der Waals surface area contributed by atoms with Crippen molar-refractivity contribution in [1.29, 1.82) is 5.26 Å². The van der Waals surface area contributed by atoms with Gasteiger partial charge in [-0.1, -0.05) is 0 Å². The number of ether oxygens (including phenoxy) is 3. The Morgan fingerprint density at radius 2 is 1.71 bits per heavy atom. The lowest BCUT2D eigenvalue weighted by Crippen LogP contribution is -2.50. The van der Waals surface area contributed by atoms with Crippen LogP contribution < -0.4 is 4.74 Å². The fourth-order valence-corrected chi connectivity index (χ4v) is 5.14. The molecule has 3 fully saturated rings. The summed E-state index contributed by atoms with van der Waals surface area (Å²) in [4.78, 5) is 18.8. The Morgan fingerprint density at radius 3 is 2.32 bits per heavy atom. The molecule has 168 valence electrons. The topological polar surface area (TPSA) is 84.7 Å². The number of nitriles is 1. The van der Waals surface area contributed by atoms with Crippen molar-refractivity contribution in [2.45, 2.75) is 108 Å². The molecule has 2 aliphatic heterocycles. The molecule has 3 heterocycles. The molecule has 2 bridgehead atoms. The van der Waals surface area contributed by atoms with E-state index in [4.69, 9.17) is 14.2 Å². The monoisotopic (exact) mass is 427 g/mol. The largest absolute Gasteiger partial charge is 0.473 e. The van der Waals surface area contributed by atoms with Crippen molar-refractivity contribution < 1.29 is 19.0 Å². The number of nitrogens with zero attached hydrogens (tertiary/aromatic N) is 3. The van der Waals surface area contributed by atoms with Crippen LogP contribution in [-0.2, 0) is 9.47 Å². The van der Waals surface area contributed by atoms with Crippen LogP contribution >= 0.6 is 0 Å². The second-order valence-electron chi connectivity index (χ2n) is 9.99. The molecular formula is C24H33N3O4. The highest BCUT2D eigenvalue weighted by Crippen LogP contribution is 2.39. The molecule has 3 aliphatic rings. The van der Waals surface area contributed by atoms with Gasteiger partial charge in [-0.25, -0.2) is 9.78 Å². The van der Waals surface area contributed by atoms with Crippen molar-refractivity contribution in [3.63, 3.8) is 0 Å². The van der Waals surface area contributed by atoms with E-state index >= 15 is 0 Å². The quantitative estimate of drug-likeness (QED) is 0.699. The van der Waals surface area contributed by atoms with Gasteiger partial charge in [0.15, 0.2) is 0 Å². The molecule has 1 aromatic rings. The summed E-state index contributed by atoms with van der Waals surface area (Å²) < 4.78 is 18.1. The van der Waals surface area contributed by atoms with Crippen LogP contribution in [0.2, 0.25) is 0 Å². The number of carbonyl (C=O) groups is 1. The third-order valence-corrected chi connectivity index (χ3v) is 6.47. The molecule has 2 saturated heterocycles. The highest BCUT2D eigenvalue weighted by atomic mass is 16.6. The summed E-state index contributed by atoms with van der Waals surface area (Å²) in [6.07, 6.45) is 9.55. The van der Waals surface area contributed by atoms with Crippen molar-refractivity contribution in [2.24, 2.45) is 0 Å². The summed E-state index contributed by atoms with van der Waals surface area (Å²) in [6, 6.07) is 6.07. The van der Waals surface area contributed by atoms with E-state index < -0.39 is 5.60 Å². The third kappa shape index (κ3) is 5.30. The van der Waals surface area contributed by atoms with Gasteiger partial charge in [0, 0.05) is 18.3 Å². The van der Waals surface area contributed by atoms with Gasteiger partial charge < -0.3 is 19.1 Å². The van der Waals surface area contributed by atoms with Gasteiger partial charge in [-0.15, -0.1) is 0 Å². The highest BCUT2D eigenvalue weighted by molar-refractivity contribution is 5.69. The number of hydrogen-bond acceptors (Lipinski definition) is 6. The summed E-state index contributed by atoms with van der Waals surface area (Å²) in [5, 5.41) is 9.21. The Balaban J connectivity index is 1.25. The van der Waals surface area contributed by atoms with Crippen LogP contribution in [0, 0.1) is 11.3 Å². The van der Waals surface area contributed by atoms with E-state index in [1.54, 1.807) is 18.3 Å². The average molecular weight is 428 g/mol. The number of aromatic nitrogens is 1. The standard InChI is InChI=1S/C24H33N3O4/c1-24(2,3)31-23(28)27-17-6-7-18(27)14-21(13-17)29-19-8-10-20(11-9-19)30-22-16(15-25)5-4-12-26-22/h4-5,12,17-21H,6-11,13-14H2,1-3H3/t17-,18+,19-,20-,21-. The van der Waals surface area contributed by atoms with E-state index in [-0.39, 0.29) is 36.5 Å². The molecule has 0 unspecified atom stereocenters. The molecule has 31 heavy (non-hydrogen) atoms. The molecule has 0 aromatic carbocycles. The van der Waals surface area contributed by atoms with Crippen molar-refractivity contribution >= 4 is 6.09 Å². The number of rotatable bonds is 4. The Kier molecular flexibility index (Phi) is 6.38. The van der Waals surface area contributed by atoms with E-state index in [2.05, 4.69) is 11.1 Å². The fraction of sp³-hybridized carbons (Fsp3) is 0.708. The van der Waals surface area contributed by atoms with Crippen LogP contribution in [0.25, 0.3) is 0 Å². The molecule has 1 amide bonds. The predicted octanol–water partition coefficient (Wildman–Crippen LogP) is 4.59. The lowest BCUT2D eigenvalue weighted by molar-refractivity contribution is -0.0814. The van der Waals surface area contributed by atoms with Gasteiger partial charge in [0.25, 0.3) is 0 Å². The highest BCUT2D eigenvalue weighted by Gasteiger charge is 2.45. The van der Waals surface area contributed by atoms with Crippen LogP contribution in [0.4, 0.5) is 4.79 Å². The zero-order valence-electron chi connectivity index (χ0n) is 18.8. The number of carbonyl (C=O) groups excluding carboxylic acids is 1. The summed E-state index contributed by atoms with van der Waals surface area (Å²) in [5.74, 6) is 0.431. The number of fused-ring (bicyclic) bond motifs is 2. The molecule has 0 N–H and O–H groups in total. The Bertz CT molecular complexity index is 809. The molecular weight excluding hydrogens is 394 g/mol. The van der Waals surface area contributed by atoms with E-state index in [1.807, 2.05) is 25.7 Å². The van der Waals surface area contributed by atoms with Crippen molar-refractivity contribution in [3.8, 4) is 11.9 Å². The lowest BCUT2D eigenvalue weighted by Gasteiger charge is -2.41. The number of pyridine rings is 1. The second-order valence-corrected chi connectivity index (χ2v) is 9.99. The first-order valence-electron chi connectivity index (χ1n) is 11.5. The molecule has 3 atom stereocenters. The molecule has 1 saturated carbocycles. The van der Waals surface area contributed by atoms with Crippen LogP contribution in [0.1, 0.15) is 77.7 Å². The van der Waals surface area contributed by atoms with Crippen molar-refractivity contribution in [1.82, 2.24) is 9.88 Å². The van der Waals surface area contributed by atoms with E-state index in [0.29, 0.717) is 11.4 Å². The zero-order chi connectivity index (χ0) is 22.0. The second kappa shape index (κ2) is 9.04. The smallest absolute Gasteiger partial charge is 0.410 e. The summed E-state index contributed by atoms with van der Waals surface area (Å²) in [6.45, 7) is 5.74. The minimum atomic E-state index is -0.464. The summed E-state index contributed by atoms with van der Waals surface area (Å²) in [5.41, 5.74) is 0.0153. The first-order chi connectivity index (χ1) is 14.8. The maximum atomic E-state index is 12.6. The molecule has 7 nitrogen and oxygen atoms in total. The van der Waals surface area contributed by atoms with Gasteiger partial charge in [-0.2, -0.15) is 5.26 Å². The Labute approximate surface area is 184 Å². The number of amides is 1. The minimum absolute atomic E-state index is 0.0760. The fourth-order valence-electron chi connectivity index (χ4n) is 5.14. The maximum absolute atomic E-state index is 12.6. The summed E-state index contributed by atoms with van der Waals surface area (Å²) >= 11 is 0. The molecule has 7 heteroatoms. The van der Waals surface area contributed by atoms with Crippen LogP contribution in [0.5, 0.6) is 5.88 Å². The zero-order valence-corrected chi connectivity index (χ0v) is 18.8. The number of piperidine rings is 1. The van der Waals surface area contributed by atoms with Crippen molar-refractivity contribution in [2.75, 3.05) is 0 Å². The van der Waals surface area contributed by atoms with Crippen molar-refractivity contribution in [3.05, 3.63) is 23.9 Å². The Hall–Kier alpha value is -2.33. The summed E-state index contributed by atoms with van der Waals surface area (Å²) in [7, 11) is 0. The van der Waals surface area contributed by atoms with Gasteiger partial charge >= 0.3 is 6.09 Å². The van der Waals surface area contributed by atoms with Gasteiger partial charge in [0.2, 0.25) is 5.88 Å². The Morgan fingerprint density at radius 1 is 1.06 bits per heavy atom. The van der Waals surface area contributed by atoms with E-state index in [1.165, 1.54) is 0 Å². The van der Waals surface area contributed by atoms with Crippen LogP contribution in [-0.4, -0.2) is 52.0 Å². The van der Waals surface area contributed by atoms with E-state index in [0.717, 1.165) is 51.4 Å². The number of hydrogen-bond donors (Lipinski definition) is 0. The van der Waals surface area contributed by atoms with Gasteiger partial charge in [-0.05, 0) is 84.3 Å². The van der Waals surface area contributed by atoms with Gasteiger partial charge in [0.1, 0.15) is 23.3 Å². The van der Waals surface area contributed by atoms with E-state index in [9.17, 15) is 10.1 Å². The molecule has 0 spiro atoms. The molecule has 1 aromatic heterocycles. The maximum Gasteiger partial charge on any atom is 0.410 e. The minimum Gasteiger partial charge on any atom is -0.473 e. The van der Waals surface area contributed by atoms with Crippen LogP contribution in [0.15, 0.2) is 18.3 Å². The first-order valence-corrected chi connectivity index (χ1v) is 11.5. The molecule has 4 rings (SSSR count). The third-order valence-electron chi connectivity index (χ3n) is 6.47.